The highest BCUT2D eigenvalue weighted by Gasteiger charge is 2.24. The Bertz CT molecular complexity index is 407. The number of likely N-dealkylation sites (tertiary alicyclic amines) is 1. The van der Waals surface area contributed by atoms with Crippen LogP contribution in [0.5, 0.6) is 0 Å². The van der Waals surface area contributed by atoms with Gasteiger partial charge in [-0.05, 0) is 44.5 Å². The van der Waals surface area contributed by atoms with Gasteiger partial charge in [0.05, 0.1) is 0 Å². The minimum Gasteiger partial charge on any atom is -0.303 e. The van der Waals surface area contributed by atoms with E-state index < -0.39 is 0 Å². The molecule has 0 spiro atoms. The number of carbonyl (C=O) groups excluding carboxylic acids is 1. The molecule has 1 aromatic rings. The Hall–Kier alpha value is -1.22. The fraction of sp³-hybridized carbons (Fsp3) is 0.533. The third kappa shape index (κ3) is 2.96. The minimum absolute atomic E-state index is 0.270. The lowest BCUT2D eigenvalue weighted by Gasteiger charge is -2.34. The van der Waals surface area contributed by atoms with Crippen LogP contribution in [0.1, 0.15) is 37.2 Å². The maximum absolute atomic E-state index is 13.7. The van der Waals surface area contributed by atoms with Gasteiger partial charge in [0.2, 0.25) is 0 Å². The Kier molecular flexibility index (Phi) is 4.48. The molecule has 1 saturated heterocycles. The Morgan fingerprint density at radius 1 is 1.44 bits per heavy atom. The van der Waals surface area contributed by atoms with Gasteiger partial charge in [0.25, 0.3) is 0 Å². The molecule has 0 radical (unpaired) electrons. The lowest BCUT2D eigenvalue weighted by atomic mass is 9.89. The molecule has 2 rings (SSSR count). The predicted octanol–water partition coefficient (Wildman–Crippen LogP) is 2.98. The first-order valence-electron chi connectivity index (χ1n) is 6.62. The highest BCUT2D eigenvalue weighted by molar-refractivity contribution is 5.62. The van der Waals surface area contributed by atoms with E-state index in [4.69, 9.17) is 0 Å². The number of hydrogen-bond acceptors (Lipinski definition) is 2. The van der Waals surface area contributed by atoms with Crippen molar-refractivity contribution in [3.05, 3.63) is 35.6 Å². The maximum atomic E-state index is 13.7. The summed E-state index contributed by atoms with van der Waals surface area (Å²) in [7, 11) is 2.09. The van der Waals surface area contributed by atoms with Gasteiger partial charge < -0.3 is 9.69 Å². The van der Waals surface area contributed by atoms with Crippen LogP contribution in [0.3, 0.4) is 0 Å². The van der Waals surface area contributed by atoms with Crippen LogP contribution in [-0.2, 0) is 4.79 Å². The second kappa shape index (κ2) is 6.10. The summed E-state index contributed by atoms with van der Waals surface area (Å²) < 4.78 is 13.7. The zero-order chi connectivity index (χ0) is 13.0. The molecule has 98 valence electrons. The van der Waals surface area contributed by atoms with Crippen molar-refractivity contribution >= 4 is 6.29 Å². The standard InChI is InChI=1S/C15H20FNO/c1-17-9-5-4-6-13(17)10-12(11-18)14-7-2-3-8-15(14)16/h2-3,7-8,11-13H,4-6,9-10H2,1H3. The molecule has 2 nitrogen and oxygen atoms in total. The molecular weight excluding hydrogens is 229 g/mol. The van der Waals surface area contributed by atoms with Crippen molar-refractivity contribution in [2.75, 3.05) is 13.6 Å². The van der Waals surface area contributed by atoms with E-state index in [9.17, 15) is 9.18 Å². The van der Waals surface area contributed by atoms with Gasteiger partial charge in [-0.1, -0.05) is 24.6 Å². The number of hydrogen-bond donors (Lipinski definition) is 0. The van der Waals surface area contributed by atoms with E-state index in [2.05, 4.69) is 11.9 Å². The molecule has 2 unspecified atom stereocenters. The van der Waals surface area contributed by atoms with Gasteiger partial charge in [0, 0.05) is 12.0 Å². The highest BCUT2D eigenvalue weighted by Crippen LogP contribution is 2.27. The molecule has 1 aliphatic heterocycles. The molecule has 2 atom stereocenters. The molecule has 0 aromatic heterocycles. The van der Waals surface area contributed by atoms with Crippen molar-refractivity contribution in [3.63, 3.8) is 0 Å². The van der Waals surface area contributed by atoms with E-state index in [0.29, 0.717) is 11.6 Å². The molecule has 3 heteroatoms. The quantitative estimate of drug-likeness (QED) is 0.765. The third-order valence-electron chi connectivity index (χ3n) is 3.92. The van der Waals surface area contributed by atoms with Gasteiger partial charge in [-0.25, -0.2) is 4.39 Å². The van der Waals surface area contributed by atoms with Gasteiger partial charge in [-0.3, -0.25) is 0 Å². The molecule has 1 aliphatic rings. The normalized spacial score (nSPS) is 22.7. The Morgan fingerprint density at radius 2 is 2.22 bits per heavy atom. The molecule has 1 heterocycles. The lowest BCUT2D eigenvalue weighted by Crippen LogP contribution is -2.37. The van der Waals surface area contributed by atoms with E-state index in [0.717, 1.165) is 25.7 Å². The molecule has 18 heavy (non-hydrogen) atoms. The minimum atomic E-state index is -0.322. The van der Waals surface area contributed by atoms with Crippen molar-refractivity contribution in [1.82, 2.24) is 4.90 Å². The number of benzene rings is 1. The van der Waals surface area contributed by atoms with Gasteiger partial charge >= 0.3 is 0 Å². The Balaban J connectivity index is 2.10. The number of piperidine rings is 1. The molecule has 1 aromatic carbocycles. The van der Waals surface area contributed by atoms with Crippen molar-refractivity contribution in [1.29, 1.82) is 0 Å². The smallest absolute Gasteiger partial charge is 0.127 e. The summed E-state index contributed by atoms with van der Waals surface area (Å²) in [6.07, 6.45) is 5.15. The lowest BCUT2D eigenvalue weighted by molar-refractivity contribution is -0.109. The highest BCUT2D eigenvalue weighted by atomic mass is 19.1. The molecule has 0 N–H and O–H groups in total. The van der Waals surface area contributed by atoms with Crippen molar-refractivity contribution in [2.24, 2.45) is 0 Å². The summed E-state index contributed by atoms with van der Waals surface area (Å²) in [6.45, 7) is 1.08. The first-order chi connectivity index (χ1) is 8.72. The zero-order valence-electron chi connectivity index (χ0n) is 10.8. The fourth-order valence-corrected chi connectivity index (χ4v) is 2.77. The number of rotatable bonds is 4. The van der Waals surface area contributed by atoms with E-state index >= 15 is 0 Å². The first-order valence-corrected chi connectivity index (χ1v) is 6.62. The largest absolute Gasteiger partial charge is 0.303 e. The number of nitrogens with zero attached hydrogens (tertiary/aromatic N) is 1. The molecule has 1 fully saturated rings. The van der Waals surface area contributed by atoms with Gasteiger partial charge in [-0.15, -0.1) is 0 Å². The average molecular weight is 249 g/mol. The van der Waals surface area contributed by atoms with Crippen LogP contribution in [0, 0.1) is 5.82 Å². The number of halogens is 1. The van der Waals surface area contributed by atoms with Crippen LogP contribution in [0.2, 0.25) is 0 Å². The Morgan fingerprint density at radius 3 is 2.89 bits per heavy atom. The summed E-state index contributed by atoms with van der Waals surface area (Å²) in [4.78, 5) is 13.5. The van der Waals surface area contributed by atoms with Crippen molar-refractivity contribution in [3.8, 4) is 0 Å². The van der Waals surface area contributed by atoms with E-state index in [1.54, 1.807) is 18.2 Å². The molecular formula is C15H20FNO. The summed E-state index contributed by atoms with van der Waals surface area (Å²) in [5.74, 6) is -0.593. The second-order valence-electron chi connectivity index (χ2n) is 5.13. The fourth-order valence-electron chi connectivity index (χ4n) is 2.77. The average Bonchev–Trinajstić information content (AvgIpc) is 2.39. The maximum Gasteiger partial charge on any atom is 0.127 e. The van der Waals surface area contributed by atoms with Crippen LogP contribution in [0.15, 0.2) is 24.3 Å². The first kappa shape index (κ1) is 13.2. The van der Waals surface area contributed by atoms with E-state index in [1.165, 1.54) is 18.9 Å². The molecule has 0 aliphatic carbocycles. The predicted molar refractivity (Wildman–Crippen MR) is 70.1 cm³/mol. The topological polar surface area (TPSA) is 20.3 Å². The Labute approximate surface area is 108 Å². The van der Waals surface area contributed by atoms with Gasteiger partial charge in [0.15, 0.2) is 0 Å². The third-order valence-corrected chi connectivity index (χ3v) is 3.92. The summed E-state index contributed by atoms with van der Waals surface area (Å²) >= 11 is 0. The van der Waals surface area contributed by atoms with E-state index in [-0.39, 0.29) is 11.7 Å². The van der Waals surface area contributed by atoms with Gasteiger partial charge in [0.1, 0.15) is 12.1 Å². The van der Waals surface area contributed by atoms with Crippen LogP contribution < -0.4 is 0 Å². The molecule has 0 amide bonds. The SMILES string of the molecule is CN1CCCCC1CC(C=O)c1ccccc1F. The summed E-state index contributed by atoms with van der Waals surface area (Å²) in [5.41, 5.74) is 0.534. The van der Waals surface area contributed by atoms with Gasteiger partial charge in [-0.2, -0.15) is 0 Å². The van der Waals surface area contributed by atoms with Crippen molar-refractivity contribution < 1.29 is 9.18 Å². The van der Waals surface area contributed by atoms with Crippen LogP contribution in [0.4, 0.5) is 4.39 Å². The summed E-state index contributed by atoms with van der Waals surface area (Å²) in [5, 5.41) is 0. The number of aldehydes is 1. The second-order valence-corrected chi connectivity index (χ2v) is 5.13. The molecule has 0 bridgehead atoms. The monoisotopic (exact) mass is 249 g/mol. The molecule has 0 saturated carbocycles. The van der Waals surface area contributed by atoms with Crippen LogP contribution in [0.25, 0.3) is 0 Å². The van der Waals surface area contributed by atoms with Crippen LogP contribution >= 0.6 is 0 Å². The summed E-state index contributed by atoms with van der Waals surface area (Å²) in [6, 6.07) is 6.99. The van der Waals surface area contributed by atoms with E-state index in [1.807, 2.05) is 0 Å². The van der Waals surface area contributed by atoms with Crippen molar-refractivity contribution in [2.45, 2.75) is 37.6 Å². The zero-order valence-corrected chi connectivity index (χ0v) is 10.8. The van der Waals surface area contributed by atoms with Crippen LogP contribution in [-0.4, -0.2) is 30.8 Å². The number of carbonyl (C=O) groups is 1.